The lowest BCUT2D eigenvalue weighted by atomic mass is 10.1. The van der Waals surface area contributed by atoms with Crippen LogP contribution in [0.3, 0.4) is 0 Å². The summed E-state index contributed by atoms with van der Waals surface area (Å²) in [5, 5.41) is 10.8. The average Bonchev–Trinajstić information content (AvgIpc) is 2.68. The predicted octanol–water partition coefficient (Wildman–Crippen LogP) is 3.36. The highest BCUT2D eigenvalue weighted by Crippen LogP contribution is 2.28. The Labute approximate surface area is 121 Å². The standard InChI is InChI=1S/C13H14Cl2N2O2/c1-8(18)10-5-9(14)3-4-11(10)19-7-13-16-6-12(15)17(13)2/h3-6,8,18H,7H2,1-2H3. The number of aromatic nitrogens is 2. The van der Waals surface area contributed by atoms with Crippen LogP contribution in [0.25, 0.3) is 0 Å². The summed E-state index contributed by atoms with van der Waals surface area (Å²) in [6.07, 6.45) is 0.913. The van der Waals surface area contributed by atoms with Crippen LogP contribution in [0.5, 0.6) is 5.75 Å². The first kappa shape index (κ1) is 14.2. The van der Waals surface area contributed by atoms with Crippen molar-refractivity contribution in [1.29, 1.82) is 0 Å². The third-order valence-electron chi connectivity index (χ3n) is 2.81. The lowest BCUT2D eigenvalue weighted by Gasteiger charge is -2.13. The number of imidazole rings is 1. The van der Waals surface area contributed by atoms with Gasteiger partial charge in [-0.3, -0.25) is 0 Å². The van der Waals surface area contributed by atoms with Crippen LogP contribution in [0.4, 0.5) is 0 Å². The van der Waals surface area contributed by atoms with Gasteiger partial charge in [0.2, 0.25) is 0 Å². The molecule has 6 heteroatoms. The molecule has 2 rings (SSSR count). The Morgan fingerprint density at radius 2 is 2.16 bits per heavy atom. The molecule has 0 fully saturated rings. The van der Waals surface area contributed by atoms with E-state index in [1.807, 2.05) is 7.05 Å². The van der Waals surface area contributed by atoms with E-state index in [1.165, 1.54) is 0 Å². The quantitative estimate of drug-likeness (QED) is 0.942. The largest absolute Gasteiger partial charge is 0.485 e. The Kier molecular flexibility index (Phi) is 4.34. The topological polar surface area (TPSA) is 47.3 Å². The maximum absolute atomic E-state index is 9.70. The van der Waals surface area contributed by atoms with Gasteiger partial charge in [0, 0.05) is 17.6 Å². The highest BCUT2D eigenvalue weighted by molar-refractivity contribution is 6.30. The number of aliphatic hydroxyl groups is 1. The van der Waals surface area contributed by atoms with E-state index in [4.69, 9.17) is 27.9 Å². The first-order valence-corrected chi connectivity index (χ1v) is 6.51. The second kappa shape index (κ2) is 5.82. The number of ether oxygens (including phenoxy) is 1. The molecule has 19 heavy (non-hydrogen) atoms. The first-order valence-electron chi connectivity index (χ1n) is 5.75. The molecule has 102 valence electrons. The molecule has 0 spiro atoms. The fourth-order valence-electron chi connectivity index (χ4n) is 1.68. The number of hydrogen-bond donors (Lipinski definition) is 1. The number of aliphatic hydroxyl groups excluding tert-OH is 1. The molecule has 0 saturated carbocycles. The van der Waals surface area contributed by atoms with Gasteiger partial charge in [0.15, 0.2) is 0 Å². The van der Waals surface area contributed by atoms with Crippen LogP contribution in [-0.4, -0.2) is 14.7 Å². The maximum Gasteiger partial charge on any atom is 0.147 e. The van der Waals surface area contributed by atoms with E-state index in [0.29, 0.717) is 27.3 Å². The van der Waals surface area contributed by atoms with E-state index >= 15 is 0 Å². The normalized spacial score (nSPS) is 12.5. The molecule has 0 aliphatic rings. The van der Waals surface area contributed by atoms with Crippen molar-refractivity contribution in [2.75, 3.05) is 0 Å². The van der Waals surface area contributed by atoms with Crippen molar-refractivity contribution < 1.29 is 9.84 Å². The second-order valence-corrected chi connectivity index (χ2v) is 5.03. The van der Waals surface area contributed by atoms with Crippen molar-refractivity contribution in [3.8, 4) is 5.75 Å². The summed E-state index contributed by atoms with van der Waals surface area (Å²) in [7, 11) is 1.81. The zero-order chi connectivity index (χ0) is 14.0. The zero-order valence-electron chi connectivity index (χ0n) is 10.6. The Balaban J connectivity index is 2.17. The molecule has 1 unspecified atom stereocenters. The van der Waals surface area contributed by atoms with Crippen molar-refractivity contribution in [3.05, 3.63) is 46.0 Å². The van der Waals surface area contributed by atoms with Gasteiger partial charge in [0.1, 0.15) is 23.3 Å². The van der Waals surface area contributed by atoms with Gasteiger partial charge in [-0.15, -0.1) is 0 Å². The molecule has 0 aliphatic carbocycles. The Morgan fingerprint density at radius 3 is 2.74 bits per heavy atom. The minimum absolute atomic E-state index is 0.268. The molecule has 0 bridgehead atoms. The monoisotopic (exact) mass is 300 g/mol. The van der Waals surface area contributed by atoms with Gasteiger partial charge in [0.25, 0.3) is 0 Å². The molecule has 1 aromatic carbocycles. The molecular weight excluding hydrogens is 287 g/mol. The Morgan fingerprint density at radius 1 is 1.42 bits per heavy atom. The summed E-state index contributed by atoms with van der Waals surface area (Å²) in [6, 6.07) is 5.13. The van der Waals surface area contributed by atoms with Gasteiger partial charge >= 0.3 is 0 Å². The second-order valence-electron chi connectivity index (χ2n) is 4.20. The van der Waals surface area contributed by atoms with Gasteiger partial charge in [-0.05, 0) is 25.1 Å². The van der Waals surface area contributed by atoms with Crippen LogP contribution in [0.2, 0.25) is 10.2 Å². The molecule has 1 aromatic heterocycles. The van der Waals surface area contributed by atoms with Gasteiger partial charge < -0.3 is 14.4 Å². The van der Waals surface area contributed by atoms with E-state index in [9.17, 15) is 5.11 Å². The molecule has 0 aliphatic heterocycles. The molecule has 1 N–H and O–H groups in total. The molecule has 4 nitrogen and oxygen atoms in total. The first-order chi connectivity index (χ1) is 8.99. The third kappa shape index (κ3) is 3.21. The summed E-state index contributed by atoms with van der Waals surface area (Å²) < 4.78 is 7.41. The van der Waals surface area contributed by atoms with E-state index in [0.717, 1.165) is 0 Å². The number of nitrogens with zero attached hydrogens (tertiary/aromatic N) is 2. The van der Waals surface area contributed by atoms with Gasteiger partial charge in [0.05, 0.1) is 12.3 Å². The smallest absolute Gasteiger partial charge is 0.147 e. The highest BCUT2D eigenvalue weighted by Gasteiger charge is 2.12. The molecular formula is C13H14Cl2N2O2. The van der Waals surface area contributed by atoms with Crippen LogP contribution < -0.4 is 4.74 Å². The van der Waals surface area contributed by atoms with E-state index < -0.39 is 6.10 Å². The fourth-order valence-corrected chi connectivity index (χ4v) is 2.00. The van der Waals surface area contributed by atoms with Crippen LogP contribution >= 0.6 is 23.2 Å². The molecule has 0 radical (unpaired) electrons. The van der Waals surface area contributed by atoms with Gasteiger partial charge in [-0.25, -0.2) is 4.98 Å². The van der Waals surface area contributed by atoms with Crippen LogP contribution in [0, 0.1) is 0 Å². The SMILES string of the molecule is CC(O)c1cc(Cl)ccc1OCc1ncc(Cl)n1C. The Bertz CT molecular complexity index is 582. The van der Waals surface area contributed by atoms with Gasteiger partial charge in [-0.2, -0.15) is 0 Å². The fraction of sp³-hybridized carbons (Fsp3) is 0.308. The maximum atomic E-state index is 9.70. The molecule has 0 amide bonds. The lowest BCUT2D eigenvalue weighted by molar-refractivity contribution is 0.189. The summed E-state index contributed by atoms with van der Waals surface area (Å²) >= 11 is 11.8. The Hall–Kier alpha value is -1.23. The molecule has 1 heterocycles. The predicted molar refractivity (Wildman–Crippen MR) is 74.6 cm³/mol. The highest BCUT2D eigenvalue weighted by atomic mass is 35.5. The van der Waals surface area contributed by atoms with Crippen molar-refractivity contribution in [2.45, 2.75) is 19.6 Å². The summed E-state index contributed by atoms with van der Waals surface area (Å²) in [4.78, 5) is 4.14. The van der Waals surface area contributed by atoms with Crippen molar-refractivity contribution in [2.24, 2.45) is 7.05 Å². The number of benzene rings is 1. The van der Waals surface area contributed by atoms with Crippen LogP contribution in [-0.2, 0) is 13.7 Å². The minimum atomic E-state index is -0.654. The van der Waals surface area contributed by atoms with Crippen LogP contribution in [0.1, 0.15) is 24.4 Å². The zero-order valence-corrected chi connectivity index (χ0v) is 12.1. The van der Waals surface area contributed by atoms with Crippen molar-refractivity contribution in [1.82, 2.24) is 9.55 Å². The summed E-state index contributed by atoms with van der Waals surface area (Å²) in [5.41, 5.74) is 0.646. The molecule has 1 atom stereocenters. The number of hydrogen-bond acceptors (Lipinski definition) is 3. The molecule has 2 aromatic rings. The number of rotatable bonds is 4. The summed E-state index contributed by atoms with van der Waals surface area (Å²) in [6.45, 7) is 1.93. The summed E-state index contributed by atoms with van der Waals surface area (Å²) in [5.74, 6) is 1.29. The van der Waals surface area contributed by atoms with E-state index in [-0.39, 0.29) is 6.61 Å². The van der Waals surface area contributed by atoms with Crippen molar-refractivity contribution >= 4 is 23.2 Å². The van der Waals surface area contributed by atoms with Crippen molar-refractivity contribution in [3.63, 3.8) is 0 Å². The van der Waals surface area contributed by atoms with E-state index in [1.54, 1.807) is 35.9 Å². The average molecular weight is 301 g/mol. The van der Waals surface area contributed by atoms with Gasteiger partial charge in [-0.1, -0.05) is 23.2 Å². The number of halogens is 2. The lowest BCUT2D eigenvalue weighted by Crippen LogP contribution is -2.05. The molecule has 0 saturated heterocycles. The minimum Gasteiger partial charge on any atom is -0.485 e. The third-order valence-corrected chi connectivity index (χ3v) is 3.39. The van der Waals surface area contributed by atoms with Crippen LogP contribution in [0.15, 0.2) is 24.4 Å². The van der Waals surface area contributed by atoms with E-state index in [2.05, 4.69) is 4.98 Å².